The molecule has 4 nitrogen and oxygen atoms in total. The second-order valence-electron chi connectivity index (χ2n) is 5.62. The molecule has 0 fully saturated rings. The van der Waals surface area contributed by atoms with Crippen LogP contribution in [0.5, 0.6) is 0 Å². The predicted octanol–water partition coefficient (Wildman–Crippen LogP) is 1.71. The first-order valence-corrected chi connectivity index (χ1v) is 6.36. The highest BCUT2D eigenvalue weighted by molar-refractivity contribution is 4.98. The lowest BCUT2D eigenvalue weighted by Gasteiger charge is -2.29. The highest BCUT2D eigenvalue weighted by Crippen LogP contribution is 2.15. The molecule has 0 aromatic carbocycles. The van der Waals surface area contributed by atoms with Crippen molar-refractivity contribution < 1.29 is 0 Å². The summed E-state index contributed by atoms with van der Waals surface area (Å²) < 4.78 is 2.23. The fraction of sp³-hybridized carbons (Fsp3) is 0.769. The van der Waals surface area contributed by atoms with Crippen LogP contribution in [0.15, 0.2) is 12.5 Å². The second-order valence-corrected chi connectivity index (χ2v) is 5.62. The third-order valence-electron chi connectivity index (χ3n) is 2.95. The van der Waals surface area contributed by atoms with Gasteiger partial charge in [0.25, 0.3) is 0 Å². The van der Waals surface area contributed by atoms with E-state index < -0.39 is 0 Å². The first-order chi connectivity index (χ1) is 7.98. The molecule has 0 saturated carbocycles. The molecule has 0 amide bonds. The van der Waals surface area contributed by atoms with E-state index in [0.717, 1.165) is 26.1 Å². The van der Waals surface area contributed by atoms with Gasteiger partial charge in [0.05, 0.1) is 12.0 Å². The Morgan fingerprint density at radius 3 is 2.76 bits per heavy atom. The van der Waals surface area contributed by atoms with E-state index in [1.165, 1.54) is 5.69 Å². The van der Waals surface area contributed by atoms with Crippen LogP contribution in [0.2, 0.25) is 0 Å². The molecule has 1 aromatic rings. The third-order valence-corrected chi connectivity index (χ3v) is 2.95. The quantitative estimate of drug-likeness (QED) is 0.786. The fourth-order valence-electron chi connectivity index (χ4n) is 2.05. The van der Waals surface area contributed by atoms with Crippen molar-refractivity contribution >= 4 is 0 Å². The van der Waals surface area contributed by atoms with E-state index in [0.29, 0.717) is 6.54 Å². The molecule has 4 heteroatoms. The van der Waals surface area contributed by atoms with Crippen LogP contribution in [-0.2, 0) is 13.1 Å². The van der Waals surface area contributed by atoms with E-state index in [2.05, 4.69) is 42.3 Å². The molecule has 1 aromatic heterocycles. The minimum atomic E-state index is 0.171. The van der Waals surface area contributed by atoms with Crippen molar-refractivity contribution in [3.8, 4) is 0 Å². The number of nitrogens with two attached hydrogens (primary N) is 1. The van der Waals surface area contributed by atoms with Gasteiger partial charge in [-0.05, 0) is 25.4 Å². The summed E-state index contributed by atoms with van der Waals surface area (Å²) in [7, 11) is 2.14. The van der Waals surface area contributed by atoms with Gasteiger partial charge in [-0.25, -0.2) is 4.98 Å². The van der Waals surface area contributed by atoms with E-state index >= 15 is 0 Å². The molecular weight excluding hydrogens is 212 g/mol. The van der Waals surface area contributed by atoms with Crippen molar-refractivity contribution in [2.24, 2.45) is 11.1 Å². The number of aryl methyl sites for hydroxylation is 1. The van der Waals surface area contributed by atoms with Crippen molar-refractivity contribution in [3.63, 3.8) is 0 Å². The molecule has 0 aliphatic carbocycles. The molecule has 0 radical (unpaired) electrons. The number of imidazole rings is 1. The minimum absolute atomic E-state index is 0.171. The van der Waals surface area contributed by atoms with Crippen LogP contribution in [0.4, 0.5) is 0 Å². The first-order valence-electron chi connectivity index (χ1n) is 6.36. The Kier molecular flexibility index (Phi) is 5.15. The minimum Gasteiger partial charge on any atom is -0.333 e. The van der Waals surface area contributed by atoms with Gasteiger partial charge < -0.3 is 10.3 Å². The maximum atomic E-state index is 5.76. The van der Waals surface area contributed by atoms with E-state index in [1.807, 2.05) is 12.5 Å². The van der Waals surface area contributed by atoms with E-state index in [1.54, 1.807) is 0 Å². The van der Waals surface area contributed by atoms with Gasteiger partial charge in [0.15, 0.2) is 0 Å². The van der Waals surface area contributed by atoms with Crippen molar-refractivity contribution in [1.29, 1.82) is 0 Å². The van der Waals surface area contributed by atoms with Gasteiger partial charge in [-0.1, -0.05) is 20.8 Å². The Morgan fingerprint density at radius 1 is 1.47 bits per heavy atom. The first kappa shape index (κ1) is 14.2. The monoisotopic (exact) mass is 238 g/mol. The number of hydrogen-bond donors (Lipinski definition) is 1. The van der Waals surface area contributed by atoms with E-state index in [4.69, 9.17) is 5.73 Å². The summed E-state index contributed by atoms with van der Waals surface area (Å²) in [5, 5.41) is 0. The van der Waals surface area contributed by atoms with Gasteiger partial charge in [-0.15, -0.1) is 0 Å². The summed E-state index contributed by atoms with van der Waals surface area (Å²) in [6.07, 6.45) is 5.02. The smallest absolute Gasteiger partial charge is 0.0948 e. The topological polar surface area (TPSA) is 47.1 Å². The second kappa shape index (κ2) is 6.17. The molecule has 0 saturated heterocycles. The molecule has 17 heavy (non-hydrogen) atoms. The Bertz CT molecular complexity index is 330. The third kappa shape index (κ3) is 4.48. The molecule has 2 N–H and O–H groups in total. The highest BCUT2D eigenvalue weighted by atomic mass is 15.1. The summed E-state index contributed by atoms with van der Waals surface area (Å²) in [6.45, 7) is 10.3. The predicted molar refractivity (Wildman–Crippen MR) is 71.7 cm³/mol. The summed E-state index contributed by atoms with van der Waals surface area (Å²) in [5.41, 5.74) is 7.21. The number of rotatable bonds is 7. The molecule has 0 aliphatic heterocycles. The number of hydrogen-bond acceptors (Lipinski definition) is 3. The van der Waals surface area contributed by atoms with Gasteiger partial charge in [-0.2, -0.15) is 0 Å². The zero-order chi connectivity index (χ0) is 12.9. The lowest BCUT2D eigenvalue weighted by atomic mass is 9.93. The van der Waals surface area contributed by atoms with Crippen LogP contribution in [0.3, 0.4) is 0 Å². The summed E-state index contributed by atoms with van der Waals surface area (Å²) >= 11 is 0. The average molecular weight is 238 g/mol. The average Bonchev–Trinajstić information content (AvgIpc) is 2.65. The largest absolute Gasteiger partial charge is 0.333 e. The molecule has 1 heterocycles. The molecule has 0 unspecified atom stereocenters. The Labute approximate surface area is 105 Å². The molecule has 0 aliphatic rings. The van der Waals surface area contributed by atoms with Crippen LogP contribution < -0.4 is 5.73 Å². The van der Waals surface area contributed by atoms with Gasteiger partial charge >= 0.3 is 0 Å². The Balaban J connectivity index is 2.55. The van der Waals surface area contributed by atoms with Crippen LogP contribution >= 0.6 is 0 Å². The standard InChI is InChI=1S/C13H26N4/c1-5-6-17-11-15-7-12(17)8-16(4)10-13(2,3)9-14/h7,11H,5-6,8-10,14H2,1-4H3. The molecule has 98 valence electrons. The van der Waals surface area contributed by atoms with Gasteiger partial charge in [0, 0.05) is 25.8 Å². The molecule has 1 rings (SSSR count). The Hall–Kier alpha value is -0.870. The summed E-state index contributed by atoms with van der Waals surface area (Å²) in [6, 6.07) is 0. The van der Waals surface area contributed by atoms with E-state index in [-0.39, 0.29) is 5.41 Å². The fourth-order valence-corrected chi connectivity index (χ4v) is 2.05. The van der Waals surface area contributed by atoms with Crippen LogP contribution in [0.25, 0.3) is 0 Å². The molecular formula is C13H26N4. The van der Waals surface area contributed by atoms with Gasteiger partial charge in [0.1, 0.15) is 0 Å². The molecule has 0 bridgehead atoms. The van der Waals surface area contributed by atoms with Crippen molar-refractivity contribution in [2.75, 3.05) is 20.1 Å². The maximum absolute atomic E-state index is 5.76. The van der Waals surface area contributed by atoms with Crippen LogP contribution in [0, 0.1) is 5.41 Å². The summed E-state index contributed by atoms with van der Waals surface area (Å²) in [4.78, 5) is 6.54. The zero-order valence-corrected chi connectivity index (χ0v) is 11.6. The molecule has 0 atom stereocenters. The van der Waals surface area contributed by atoms with Crippen LogP contribution in [-0.4, -0.2) is 34.6 Å². The zero-order valence-electron chi connectivity index (χ0n) is 11.6. The highest BCUT2D eigenvalue weighted by Gasteiger charge is 2.18. The number of aromatic nitrogens is 2. The Morgan fingerprint density at radius 2 is 2.18 bits per heavy atom. The normalized spacial score (nSPS) is 12.4. The van der Waals surface area contributed by atoms with E-state index in [9.17, 15) is 0 Å². The maximum Gasteiger partial charge on any atom is 0.0948 e. The van der Waals surface area contributed by atoms with Crippen molar-refractivity contribution in [1.82, 2.24) is 14.5 Å². The lowest BCUT2D eigenvalue weighted by molar-refractivity contribution is 0.206. The molecule has 0 spiro atoms. The lowest BCUT2D eigenvalue weighted by Crippen LogP contribution is -2.36. The van der Waals surface area contributed by atoms with Crippen molar-refractivity contribution in [3.05, 3.63) is 18.2 Å². The SMILES string of the molecule is CCCn1cncc1CN(C)CC(C)(C)CN. The van der Waals surface area contributed by atoms with Crippen molar-refractivity contribution in [2.45, 2.75) is 40.3 Å². The summed E-state index contributed by atoms with van der Waals surface area (Å²) in [5.74, 6) is 0. The van der Waals surface area contributed by atoms with Gasteiger partial charge in [-0.3, -0.25) is 4.90 Å². The van der Waals surface area contributed by atoms with Crippen LogP contribution in [0.1, 0.15) is 32.9 Å². The number of nitrogens with zero attached hydrogens (tertiary/aromatic N) is 3. The van der Waals surface area contributed by atoms with Gasteiger partial charge in [0.2, 0.25) is 0 Å².